The van der Waals surface area contributed by atoms with Crippen LogP contribution in [0.4, 0.5) is 0 Å². The molecule has 2 rings (SSSR count). The summed E-state index contributed by atoms with van der Waals surface area (Å²) in [5.74, 6) is 0.533. The number of rotatable bonds is 5. The fourth-order valence-electron chi connectivity index (χ4n) is 1.68. The number of amides is 1. The van der Waals surface area contributed by atoms with Crippen molar-refractivity contribution in [2.45, 2.75) is 24.8 Å². The third kappa shape index (κ3) is 4.40. The lowest BCUT2D eigenvalue weighted by Crippen LogP contribution is -2.27. The van der Waals surface area contributed by atoms with Gasteiger partial charge in [0.1, 0.15) is 0 Å². The number of thioether (sulfide) groups is 1. The minimum Gasteiger partial charge on any atom is -0.348 e. The second-order valence-corrected chi connectivity index (χ2v) is 6.43. The van der Waals surface area contributed by atoms with Crippen molar-refractivity contribution in [3.63, 3.8) is 0 Å². The molecule has 0 saturated carbocycles. The molecule has 1 amide bonds. The lowest BCUT2D eigenvalue weighted by molar-refractivity contribution is -0.119. The fourth-order valence-corrected chi connectivity index (χ4v) is 3.12. The van der Waals surface area contributed by atoms with Crippen LogP contribution in [0.15, 0.2) is 46.7 Å². The van der Waals surface area contributed by atoms with E-state index in [1.54, 1.807) is 23.1 Å². The zero-order valence-electron chi connectivity index (χ0n) is 11.1. The Morgan fingerprint density at radius 1 is 1.32 bits per heavy atom. The van der Waals surface area contributed by atoms with Crippen molar-refractivity contribution < 1.29 is 4.79 Å². The van der Waals surface area contributed by atoms with Crippen LogP contribution >= 0.6 is 23.1 Å². The van der Waals surface area contributed by atoms with E-state index in [0.29, 0.717) is 5.75 Å². The summed E-state index contributed by atoms with van der Waals surface area (Å²) in [5.41, 5.74) is 1.24. The van der Waals surface area contributed by atoms with E-state index in [9.17, 15) is 4.79 Å². The third-order valence-corrected chi connectivity index (χ3v) is 4.81. The van der Waals surface area contributed by atoms with Gasteiger partial charge in [-0.15, -0.1) is 23.1 Å². The quantitative estimate of drug-likeness (QED) is 0.843. The van der Waals surface area contributed by atoms with Gasteiger partial charge >= 0.3 is 0 Å². The standard InChI is InChI=1S/C15H17NOS2/c1-11-5-7-13(8-6-11)19-10-15(17)16-12(2)14-4-3-9-18-14/h3-9,12H,10H2,1-2H3,(H,16,17). The van der Waals surface area contributed by atoms with Crippen molar-refractivity contribution in [2.75, 3.05) is 5.75 Å². The highest BCUT2D eigenvalue weighted by atomic mass is 32.2. The van der Waals surface area contributed by atoms with Gasteiger partial charge in [0.15, 0.2) is 0 Å². The molecule has 19 heavy (non-hydrogen) atoms. The van der Waals surface area contributed by atoms with Crippen molar-refractivity contribution in [3.05, 3.63) is 52.2 Å². The molecule has 1 atom stereocenters. The summed E-state index contributed by atoms with van der Waals surface area (Å²) in [4.78, 5) is 14.2. The van der Waals surface area contributed by atoms with E-state index in [1.807, 2.05) is 24.4 Å². The first kappa shape index (κ1) is 14.2. The Hall–Kier alpha value is -1.26. The number of hydrogen-bond donors (Lipinski definition) is 1. The van der Waals surface area contributed by atoms with Gasteiger partial charge in [-0.25, -0.2) is 0 Å². The monoisotopic (exact) mass is 291 g/mol. The zero-order chi connectivity index (χ0) is 13.7. The van der Waals surface area contributed by atoms with Gasteiger partial charge in [-0.3, -0.25) is 4.79 Å². The van der Waals surface area contributed by atoms with Crippen molar-refractivity contribution in [2.24, 2.45) is 0 Å². The maximum atomic E-state index is 11.9. The highest BCUT2D eigenvalue weighted by molar-refractivity contribution is 8.00. The van der Waals surface area contributed by atoms with Crippen LogP contribution < -0.4 is 5.32 Å². The van der Waals surface area contributed by atoms with E-state index < -0.39 is 0 Å². The Balaban J connectivity index is 1.80. The van der Waals surface area contributed by atoms with Gasteiger partial charge in [0.05, 0.1) is 11.8 Å². The molecule has 1 N–H and O–H groups in total. The minimum absolute atomic E-state index is 0.0754. The van der Waals surface area contributed by atoms with Crippen molar-refractivity contribution in [1.29, 1.82) is 0 Å². The molecular formula is C15H17NOS2. The Morgan fingerprint density at radius 2 is 2.05 bits per heavy atom. The first-order chi connectivity index (χ1) is 9.15. The number of hydrogen-bond acceptors (Lipinski definition) is 3. The minimum atomic E-state index is 0.0754. The molecule has 1 unspecified atom stereocenters. The van der Waals surface area contributed by atoms with Gasteiger partial charge in [-0.1, -0.05) is 23.8 Å². The smallest absolute Gasteiger partial charge is 0.230 e. The summed E-state index contributed by atoms with van der Waals surface area (Å²) in [5, 5.41) is 5.04. The third-order valence-electron chi connectivity index (χ3n) is 2.74. The molecule has 0 saturated heterocycles. The molecule has 1 aromatic heterocycles. The summed E-state index contributed by atoms with van der Waals surface area (Å²) < 4.78 is 0. The largest absolute Gasteiger partial charge is 0.348 e. The Bertz CT molecular complexity index is 520. The lowest BCUT2D eigenvalue weighted by Gasteiger charge is -2.11. The average molecular weight is 291 g/mol. The molecule has 0 radical (unpaired) electrons. The Kier molecular flexibility index (Phi) is 5.05. The van der Waals surface area contributed by atoms with E-state index in [4.69, 9.17) is 0 Å². The second-order valence-electron chi connectivity index (χ2n) is 4.41. The molecule has 2 nitrogen and oxygen atoms in total. The molecule has 4 heteroatoms. The summed E-state index contributed by atoms with van der Waals surface area (Å²) in [6.45, 7) is 4.07. The molecule has 100 valence electrons. The molecule has 0 aliphatic rings. The molecular weight excluding hydrogens is 274 g/mol. The van der Waals surface area contributed by atoms with Crippen molar-refractivity contribution in [3.8, 4) is 0 Å². The van der Waals surface area contributed by atoms with Crippen LogP contribution in [0.25, 0.3) is 0 Å². The predicted molar refractivity (Wildman–Crippen MR) is 82.8 cm³/mol. The van der Waals surface area contributed by atoms with E-state index in [2.05, 4.69) is 36.5 Å². The van der Waals surface area contributed by atoms with Gasteiger partial charge in [0, 0.05) is 9.77 Å². The predicted octanol–water partition coefficient (Wildman–Crippen LogP) is 4.03. The SMILES string of the molecule is Cc1ccc(SCC(=O)NC(C)c2cccs2)cc1. The summed E-state index contributed by atoms with van der Waals surface area (Å²) in [6, 6.07) is 12.4. The highest BCUT2D eigenvalue weighted by Gasteiger charge is 2.10. The van der Waals surface area contributed by atoms with Gasteiger partial charge < -0.3 is 5.32 Å². The number of thiophene rings is 1. The van der Waals surface area contributed by atoms with Crippen LogP contribution in [0.1, 0.15) is 23.4 Å². The average Bonchev–Trinajstić information content (AvgIpc) is 2.92. The van der Waals surface area contributed by atoms with Crippen LogP contribution in [0.3, 0.4) is 0 Å². The second kappa shape index (κ2) is 6.78. The summed E-state index contributed by atoms with van der Waals surface area (Å²) >= 11 is 3.24. The number of carbonyl (C=O) groups excluding carboxylic acids is 1. The molecule has 1 heterocycles. The number of carbonyl (C=O) groups is 1. The molecule has 0 bridgehead atoms. The molecule has 0 aliphatic heterocycles. The van der Waals surface area contributed by atoms with Crippen molar-refractivity contribution >= 4 is 29.0 Å². The molecule has 0 aliphatic carbocycles. The van der Waals surface area contributed by atoms with Gasteiger partial charge in [0.2, 0.25) is 5.91 Å². The first-order valence-electron chi connectivity index (χ1n) is 6.17. The van der Waals surface area contributed by atoms with Crippen molar-refractivity contribution in [1.82, 2.24) is 5.32 Å². The Labute approximate surface area is 122 Å². The topological polar surface area (TPSA) is 29.1 Å². The summed E-state index contributed by atoms with van der Waals surface area (Å²) in [6.07, 6.45) is 0. The molecule has 1 aromatic carbocycles. The lowest BCUT2D eigenvalue weighted by atomic mass is 10.2. The maximum Gasteiger partial charge on any atom is 0.230 e. The number of aryl methyl sites for hydroxylation is 1. The van der Waals surface area contributed by atoms with Crippen LogP contribution in [-0.2, 0) is 4.79 Å². The summed E-state index contributed by atoms with van der Waals surface area (Å²) in [7, 11) is 0. The number of nitrogens with one attached hydrogen (secondary N) is 1. The van der Waals surface area contributed by atoms with Gasteiger partial charge in [-0.05, 0) is 37.4 Å². The van der Waals surface area contributed by atoms with Crippen LogP contribution in [0.5, 0.6) is 0 Å². The van der Waals surface area contributed by atoms with Crippen LogP contribution in [-0.4, -0.2) is 11.7 Å². The molecule has 0 spiro atoms. The zero-order valence-corrected chi connectivity index (χ0v) is 12.7. The molecule has 2 aromatic rings. The highest BCUT2D eigenvalue weighted by Crippen LogP contribution is 2.20. The molecule has 0 fully saturated rings. The van der Waals surface area contributed by atoms with Gasteiger partial charge in [0.25, 0.3) is 0 Å². The first-order valence-corrected chi connectivity index (χ1v) is 8.04. The number of benzene rings is 1. The normalized spacial score (nSPS) is 12.1. The van der Waals surface area contributed by atoms with E-state index in [1.165, 1.54) is 10.4 Å². The van der Waals surface area contributed by atoms with Crippen LogP contribution in [0.2, 0.25) is 0 Å². The fraction of sp³-hybridized carbons (Fsp3) is 0.267. The van der Waals surface area contributed by atoms with E-state index >= 15 is 0 Å². The van der Waals surface area contributed by atoms with E-state index in [-0.39, 0.29) is 11.9 Å². The maximum absolute atomic E-state index is 11.9. The van der Waals surface area contributed by atoms with Gasteiger partial charge in [-0.2, -0.15) is 0 Å². The Morgan fingerprint density at radius 3 is 2.68 bits per heavy atom. The van der Waals surface area contributed by atoms with E-state index in [0.717, 1.165) is 4.90 Å². The van der Waals surface area contributed by atoms with Crippen LogP contribution in [0, 0.1) is 6.92 Å².